The summed E-state index contributed by atoms with van der Waals surface area (Å²) in [4.78, 5) is 0. The molecule has 1 aliphatic heterocycles. The van der Waals surface area contributed by atoms with Crippen molar-refractivity contribution in [1.82, 2.24) is 0 Å². The lowest BCUT2D eigenvalue weighted by Crippen LogP contribution is -2.23. The lowest BCUT2D eigenvalue weighted by Gasteiger charge is -2.18. The zero-order valence-electron chi connectivity index (χ0n) is 8.69. The first-order chi connectivity index (χ1) is 7.30. The minimum absolute atomic E-state index is 0.452. The van der Waals surface area contributed by atoms with Crippen LogP contribution in [0.1, 0.15) is 12.0 Å². The number of ether oxygens (including phenoxy) is 2. The molecular weight excluding hydrogens is 190 g/mol. The van der Waals surface area contributed by atoms with Gasteiger partial charge in [0.2, 0.25) is 0 Å². The molecule has 1 saturated heterocycles. The highest BCUT2D eigenvalue weighted by Crippen LogP contribution is 2.33. The van der Waals surface area contributed by atoms with Gasteiger partial charge in [-0.25, -0.2) is 0 Å². The molecular formula is C12H13NO2. The van der Waals surface area contributed by atoms with Crippen molar-refractivity contribution in [2.45, 2.75) is 11.8 Å². The predicted molar refractivity (Wildman–Crippen MR) is 55.7 cm³/mol. The highest BCUT2D eigenvalue weighted by Gasteiger charge is 2.36. The van der Waals surface area contributed by atoms with Gasteiger partial charge >= 0.3 is 0 Å². The van der Waals surface area contributed by atoms with Crippen LogP contribution in [0.25, 0.3) is 0 Å². The summed E-state index contributed by atoms with van der Waals surface area (Å²) >= 11 is 0. The van der Waals surface area contributed by atoms with Crippen LogP contribution in [0.3, 0.4) is 0 Å². The molecule has 1 aromatic carbocycles. The topological polar surface area (TPSA) is 42.2 Å². The van der Waals surface area contributed by atoms with Gasteiger partial charge in [-0.05, 0) is 24.1 Å². The van der Waals surface area contributed by atoms with Crippen LogP contribution in [0.5, 0.6) is 5.75 Å². The minimum atomic E-state index is -0.452. The number of methoxy groups -OCH3 is 1. The second-order valence-electron chi connectivity index (χ2n) is 3.72. The minimum Gasteiger partial charge on any atom is -0.497 e. The van der Waals surface area contributed by atoms with Crippen LogP contribution in [-0.2, 0) is 10.2 Å². The van der Waals surface area contributed by atoms with Crippen molar-refractivity contribution in [2.24, 2.45) is 0 Å². The van der Waals surface area contributed by atoms with Crippen LogP contribution in [0.4, 0.5) is 0 Å². The Balaban J connectivity index is 2.32. The highest BCUT2D eigenvalue weighted by atomic mass is 16.5. The molecule has 0 amide bonds. The summed E-state index contributed by atoms with van der Waals surface area (Å²) in [6, 6.07) is 10.0. The van der Waals surface area contributed by atoms with Crippen LogP contribution in [-0.4, -0.2) is 20.3 Å². The average Bonchev–Trinajstić information content (AvgIpc) is 2.79. The van der Waals surface area contributed by atoms with Gasteiger partial charge in [0.25, 0.3) is 0 Å². The average molecular weight is 203 g/mol. The molecule has 0 radical (unpaired) electrons. The Kier molecular flexibility index (Phi) is 2.61. The summed E-state index contributed by atoms with van der Waals surface area (Å²) in [6.07, 6.45) is 0.774. The third kappa shape index (κ3) is 1.69. The molecule has 1 aliphatic rings. The van der Waals surface area contributed by atoms with Crippen molar-refractivity contribution in [3.05, 3.63) is 29.8 Å². The highest BCUT2D eigenvalue weighted by molar-refractivity contribution is 5.37. The molecule has 2 rings (SSSR count). The van der Waals surface area contributed by atoms with Crippen molar-refractivity contribution in [1.29, 1.82) is 5.26 Å². The summed E-state index contributed by atoms with van der Waals surface area (Å²) in [7, 11) is 1.63. The van der Waals surface area contributed by atoms with Gasteiger partial charge in [-0.1, -0.05) is 12.1 Å². The Bertz CT molecular complexity index is 372. The quantitative estimate of drug-likeness (QED) is 0.737. The van der Waals surface area contributed by atoms with Gasteiger partial charge in [-0.2, -0.15) is 5.26 Å². The van der Waals surface area contributed by atoms with E-state index in [0.717, 1.165) is 17.7 Å². The van der Waals surface area contributed by atoms with Gasteiger partial charge in [-0.15, -0.1) is 0 Å². The van der Waals surface area contributed by atoms with Crippen LogP contribution >= 0.6 is 0 Å². The summed E-state index contributed by atoms with van der Waals surface area (Å²) in [6.45, 7) is 1.16. The third-order valence-corrected chi connectivity index (χ3v) is 2.88. The number of nitriles is 1. The molecule has 0 saturated carbocycles. The molecule has 1 unspecified atom stereocenters. The summed E-state index contributed by atoms with van der Waals surface area (Å²) < 4.78 is 10.4. The fourth-order valence-electron chi connectivity index (χ4n) is 1.86. The van der Waals surface area contributed by atoms with Crippen molar-refractivity contribution >= 4 is 0 Å². The van der Waals surface area contributed by atoms with E-state index >= 15 is 0 Å². The number of rotatable bonds is 2. The van der Waals surface area contributed by atoms with Gasteiger partial charge in [0, 0.05) is 6.61 Å². The Morgan fingerprint density at radius 2 is 2.13 bits per heavy atom. The Morgan fingerprint density at radius 1 is 1.40 bits per heavy atom. The Labute approximate surface area is 89.2 Å². The molecule has 1 atom stereocenters. The molecule has 3 nitrogen and oxygen atoms in total. The zero-order chi connectivity index (χ0) is 10.7. The number of benzene rings is 1. The SMILES string of the molecule is COc1ccc(C2(C#N)CCOC2)cc1. The van der Waals surface area contributed by atoms with Gasteiger partial charge in [-0.3, -0.25) is 0 Å². The number of hydrogen-bond acceptors (Lipinski definition) is 3. The first-order valence-electron chi connectivity index (χ1n) is 4.94. The van der Waals surface area contributed by atoms with Gasteiger partial charge < -0.3 is 9.47 Å². The van der Waals surface area contributed by atoms with Crippen molar-refractivity contribution in [3.63, 3.8) is 0 Å². The van der Waals surface area contributed by atoms with Gasteiger partial charge in [0.1, 0.15) is 11.2 Å². The first-order valence-corrected chi connectivity index (χ1v) is 4.94. The molecule has 0 spiro atoms. The van der Waals surface area contributed by atoms with E-state index in [4.69, 9.17) is 9.47 Å². The molecule has 78 valence electrons. The second-order valence-corrected chi connectivity index (χ2v) is 3.72. The molecule has 0 bridgehead atoms. The summed E-state index contributed by atoms with van der Waals surface area (Å²) in [5.41, 5.74) is 0.565. The van der Waals surface area contributed by atoms with Crippen LogP contribution in [0.15, 0.2) is 24.3 Å². The lowest BCUT2D eigenvalue weighted by molar-refractivity contribution is 0.186. The van der Waals surface area contributed by atoms with Crippen molar-refractivity contribution < 1.29 is 9.47 Å². The third-order valence-electron chi connectivity index (χ3n) is 2.88. The van der Waals surface area contributed by atoms with E-state index in [1.165, 1.54) is 0 Å². The normalized spacial score (nSPS) is 24.8. The molecule has 1 heterocycles. The molecule has 15 heavy (non-hydrogen) atoms. The molecule has 3 heteroatoms. The fourth-order valence-corrected chi connectivity index (χ4v) is 1.86. The molecule has 1 aromatic rings. The monoisotopic (exact) mass is 203 g/mol. The summed E-state index contributed by atoms with van der Waals surface area (Å²) in [5, 5.41) is 9.24. The van der Waals surface area contributed by atoms with E-state index in [0.29, 0.717) is 13.2 Å². The number of hydrogen-bond donors (Lipinski definition) is 0. The largest absolute Gasteiger partial charge is 0.497 e. The van der Waals surface area contributed by atoms with Crippen LogP contribution < -0.4 is 4.74 Å². The first kappa shape index (κ1) is 10.0. The maximum absolute atomic E-state index is 9.24. The van der Waals surface area contributed by atoms with E-state index in [2.05, 4.69) is 6.07 Å². The van der Waals surface area contributed by atoms with Crippen LogP contribution in [0.2, 0.25) is 0 Å². The Hall–Kier alpha value is -1.53. The zero-order valence-corrected chi connectivity index (χ0v) is 8.69. The number of nitrogens with zero attached hydrogens (tertiary/aromatic N) is 1. The van der Waals surface area contributed by atoms with E-state index in [9.17, 15) is 5.26 Å². The van der Waals surface area contributed by atoms with E-state index in [1.54, 1.807) is 7.11 Å². The van der Waals surface area contributed by atoms with Crippen LogP contribution in [0, 0.1) is 11.3 Å². The van der Waals surface area contributed by atoms with Crippen molar-refractivity contribution in [2.75, 3.05) is 20.3 Å². The predicted octanol–water partition coefficient (Wildman–Crippen LogP) is 1.88. The summed E-state index contributed by atoms with van der Waals surface area (Å²) in [5.74, 6) is 0.811. The molecule has 0 aliphatic carbocycles. The maximum atomic E-state index is 9.24. The fraction of sp³-hybridized carbons (Fsp3) is 0.417. The second kappa shape index (κ2) is 3.92. The van der Waals surface area contributed by atoms with Gasteiger partial charge in [0.05, 0.1) is 19.8 Å². The molecule has 0 aromatic heterocycles. The van der Waals surface area contributed by atoms with E-state index in [-0.39, 0.29) is 0 Å². The molecule has 1 fully saturated rings. The smallest absolute Gasteiger partial charge is 0.118 e. The molecule has 0 N–H and O–H groups in total. The standard InChI is InChI=1S/C12H13NO2/c1-14-11-4-2-10(3-5-11)12(8-13)6-7-15-9-12/h2-5H,6-7,9H2,1H3. The Morgan fingerprint density at radius 3 is 2.60 bits per heavy atom. The van der Waals surface area contributed by atoms with Crippen molar-refractivity contribution in [3.8, 4) is 11.8 Å². The lowest BCUT2D eigenvalue weighted by atomic mass is 9.81. The van der Waals surface area contributed by atoms with Gasteiger partial charge in [0.15, 0.2) is 0 Å². The maximum Gasteiger partial charge on any atom is 0.118 e. The van der Waals surface area contributed by atoms with E-state index < -0.39 is 5.41 Å². The van der Waals surface area contributed by atoms with E-state index in [1.807, 2.05) is 24.3 Å².